The number of amides is 2. The fourth-order valence-corrected chi connectivity index (χ4v) is 4.34. The first-order chi connectivity index (χ1) is 14.0. The van der Waals surface area contributed by atoms with Gasteiger partial charge in [0.25, 0.3) is 5.91 Å². The van der Waals surface area contributed by atoms with Crippen LogP contribution in [-0.2, 0) is 4.79 Å². The number of anilines is 1. The van der Waals surface area contributed by atoms with Gasteiger partial charge in [0, 0.05) is 36.8 Å². The molecule has 1 unspecified atom stereocenters. The molecule has 5 heteroatoms. The first kappa shape index (κ1) is 21.7. The molecule has 0 radical (unpaired) electrons. The average molecular weight is 400 g/mol. The van der Waals surface area contributed by atoms with E-state index < -0.39 is 0 Å². The van der Waals surface area contributed by atoms with Crippen molar-refractivity contribution in [3.05, 3.63) is 29.8 Å². The van der Waals surface area contributed by atoms with Gasteiger partial charge in [-0.15, -0.1) is 0 Å². The smallest absolute Gasteiger partial charge is 0.253 e. The molecule has 1 aromatic rings. The predicted molar refractivity (Wildman–Crippen MR) is 118 cm³/mol. The van der Waals surface area contributed by atoms with E-state index in [-0.39, 0.29) is 29.8 Å². The maximum atomic E-state index is 12.8. The number of hydrogen-bond donors (Lipinski definition) is 2. The fraction of sp³-hybridized carbons (Fsp3) is 0.667. The lowest BCUT2D eigenvalue weighted by atomic mass is 9.88. The van der Waals surface area contributed by atoms with Crippen molar-refractivity contribution in [2.24, 2.45) is 11.8 Å². The largest absolute Gasteiger partial charge is 0.371 e. The summed E-state index contributed by atoms with van der Waals surface area (Å²) in [5.41, 5.74) is 1.74. The van der Waals surface area contributed by atoms with Crippen molar-refractivity contribution in [2.75, 3.05) is 18.0 Å². The molecule has 1 saturated heterocycles. The van der Waals surface area contributed by atoms with E-state index in [1.807, 2.05) is 31.2 Å². The number of carbonyl (C=O) groups is 2. The first-order valence-corrected chi connectivity index (χ1v) is 11.4. The molecule has 1 aromatic carbocycles. The molecule has 29 heavy (non-hydrogen) atoms. The quantitative estimate of drug-likeness (QED) is 0.756. The maximum Gasteiger partial charge on any atom is 0.253 e. The van der Waals surface area contributed by atoms with Gasteiger partial charge >= 0.3 is 0 Å². The lowest BCUT2D eigenvalue weighted by molar-refractivity contribution is -0.126. The van der Waals surface area contributed by atoms with E-state index in [0.717, 1.165) is 50.0 Å². The zero-order valence-electron chi connectivity index (χ0n) is 18.2. The Hall–Kier alpha value is -2.04. The summed E-state index contributed by atoms with van der Waals surface area (Å²) >= 11 is 0. The lowest BCUT2D eigenvalue weighted by Crippen LogP contribution is -2.47. The van der Waals surface area contributed by atoms with E-state index >= 15 is 0 Å². The van der Waals surface area contributed by atoms with Gasteiger partial charge < -0.3 is 15.5 Å². The van der Waals surface area contributed by atoms with Gasteiger partial charge in [0.2, 0.25) is 5.91 Å². The summed E-state index contributed by atoms with van der Waals surface area (Å²) in [5.74, 6) is 0.865. The second-order valence-corrected chi connectivity index (χ2v) is 9.13. The summed E-state index contributed by atoms with van der Waals surface area (Å²) in [6.45, 7) is 8.00. The minimum Gasteiger partial charge on any atom is -0.371 e. The zero-order chi connectivity index (χ0) is 20.8. The van der Waals surface area contributed by atoms with Crippen LogP contribution in [0.2, 0.25) is 0 Å². The number of para-hydroxylation sites is 1. The van der Waals surface area contributed by atoms with Gasteiger partial charge in [0.05, 0.1) is 5.56 Å². The Morgan fingerprint density at radius 2 is 1.62 bits per heavy atom. The highest BCUT2D eigenvalue weighted by Crippen LogP contribution is 2.26. The van der Waals surface area contributed by atoms with Gasteiger partial charge in [-0.05, 0) is 50.7 Å². The maximum absolute atomic E-state index is 12.8. The Morgan fingerprint density at radius 3 is 2.28 bits per heavy atom. The highest BCUT2D eigenvalue weighted by Gasteiger charge is 2.27. The van der Waals surface area contributed by atoms with Crippen molar-refractivity contribution in [3.63, 3.8) is 0 Å². The summed E-state index contributed by atoms with van der Waals surface area (Å²) in [6.07, 6.45) is 7.58. The second-order valence-electron chi connectivity index (χ2n) is 9.13. The molecule has 2 N–H and O–H groups in total. The summed E-state index contributed by atoms with van der Waals surface area (Å²) in [5, 5.41) is 6.42. The van der Waals surface area contributed by atoms with Crippen molar-refractivity contribution in [2.45, 2.75) is 77.8 Å². The van der Waals surface area contributed by atoms with Crippen LogP contribution >= 0.6 is 0 Å². The summed E-state index contributed by atoms with van der Waals surface area (Å²) in [6, 6.07) is 8.26. The molecule has 2 amide bonds. The van der Waals surface area contributed by atoms with Crippen molar-refractivity contribution in [3.8, 4) is 0 Å². The minimum atomic E-state index is -0.00507. The van der Waals surface area contributed by atoms with Crippen molar-refractivity contribution < 1.29 is 9.59 Å². The van der Waals surface area contributed by atoms with E-state index in [4.69, 9.17) is 0 Å². The van der Waals surface area contributed by atoms with Crippen LogP contribution in [0.15, 0.2) is 24.3 Å². The molecule has 1 aliphatic carbocycles. The Kier molecular flexibility index (Phi) is 7.57. The predicted octanol–water partition coefficient (Wildman–Crippen LogP) is 4.13. The molecule has 0 spiro atoms. The molecule has 0 aromatic heterocycles. The van der Waals surface area contributed by atoms with E-state index in [1.165, 1.54) is 19.3 Å². The third-order valence-corrected chi connectivity index (χ3v) is 6.67. The molecule has 1 aliphatic heterocycles. The van der Waals surface area contributed by atoms with Crippen molar-refractivity contribution in [1.82, 2.24) is 10.6 Å². The molecule has 160 valence electrons. The Bertz CT molecular complexity index is 689. The number of nitrogens with zero attached hydrogens (tertiary/aromatic N) is 1. The normalized spacial score (nSPS) is 19.8. The van der Waals surface area contributed by atoms with Crippen molar-refractivity contribution >= 4 is 17.5 Å². The van der Waals surface area contributed by atoms with Gasteiger partial charge in [-0.3, -0.25) is 9.59 Å². The van der Waals surface area contributed by atoms with Crippen LogP contribution in [0.4, 0.5) is 5.69 Å². The molecule has 2 fully saturated rings. The monoisotopic (exact) mass is 399 g/mol. The van der Waals surface area contributed by atoms with Crippen LogP contribution < -0.4 is 15.5 Å². The SMILES string of the molecule is CC(C)C(C)NC(=O)c1ccccc1N1CCC(NC(=O)C2CCCCC2)CC1. The first-order valence-electron chi connectivity index (χ1n) is 11.4. The average Bonchev–Trinajstić information content (AvgIpc) is 2.74. The third kappa shape index (κ3) is 5.74. The molecule has 2 aliphatic rings. The zero-order valence-corrected chi connectivity index (χ0v) is 18.2. The summed E-state index contributed by atoms with van der Waals surface area (Å²) in [7, 11) is 0. The Balaban J connectivity index is 1.56. The van der Waals surface area contributed by atoms with Crippen LogP contribution in [0.5, 0.6) is 0 Å². The number of carbonyl (C=O) groups excluding carboxylic acids is 2. The number of rotatable bonds is 6. The van der Waals surface area contributed by atoms with E-state index in [1.54, 1.807) is 0 Å². The van der Waals surface area contributed by atoms with Crippen LogP contribution in [0.3, 0.4) is 0 Å². The van der Waals surface area contributed by atoms with E-state index in [2.05, 4.69) is 29.4 Å². The fourth-order valence-electron chi connectivity index (χ4n) is 4.34. The second kappa shape index (κ2) is 10.1. The Labute approximate surface area is 175 Å². The summed E-state index contributed by atoms with van der Waals surface area (Å²) in [4.78, 5) is 27.6. The van der Waals surface area contributed by atoms with E-state index in [0.29, 0.717) is 5.92 Å². The topological polar surface area (TPSA) is 61.4 Å². The van der Waals surface area contributed by atoms with Crippen LogP contribution in [0.1, 0.15) is 76.1 Å². The number of piperidine rings is 1. The molecule has 0 bridgehead atoms. The van der Waals surface area contributed by atoms with Crippen LogP contribution in [0.25, 0.3) is 0 Å². The Morgan fingerprint density at radius 1 is 0.966 bits per heavy atom. The van der Waals surface area contributed by atoms with E-state index in [9.17, 15) is 9.59 Å². The molecule has 1 saturated carbocycles. The summed E-state index contributed by atoms with van der Waals surface area (Å²) < 4.78 is 0. The highest BCUT2D eigenvalue weighted by molar-refractivity contribution is 6.00. The van der Waals surface area contributed by atoms with Crippen LogP contribution in [0, 0.1) is 11.8 Å². The van der Waals surface area contributed by atoms with Gasteiger partial charge in [0.1, 0.15) is 0 Å². The highest BCUT2D eigenvalue weighted by atomic mass is 16.2. The number of nitrogens with one attached hydrogen (secondary N) is 2. The van der Waals surface area contributed by atoms with Crippen LogP contribution in [-0.4, -0.2) is 37.0 Å². The molecule has 1 atom stereocenters. The van der Waals surface area contributed by atoms with Gasteiger partial charge in [-0.2, -0.15) is 0 Å². The van der Waals surface area contributed by atoms with Gasteiger partial charge in [-0.25, -0.2) is 0 Å². The minimum absolute atomic E-state index is 0.00507. The van der Waals surface area contributed by atoms with Gasteiger partial charge in [0.15, 0.2) is 0 Å². The standard InChI is InChI=1S/C24H37N3O2/c1-17(2)18(3)25-24(29)21-11-7-8-12-22(21)27-15-13-20(14-16-27)26-23(28)19-9-5-4-6-10-19/h7-8,11-12,17-20H,4-6,9-10,13-16H2,1-3H3,(H,25,29)(H,26,28). The molecule has 5 nitrogen and oxygen atoms in total. The number of benzene rings is 1. The number of hydrogen-bond acceptors (Lipinski definition) is 3. The lowest BCUT2D eigenvalue weighted by Gasteiger charge is -2.35. The molecular weight excluding hydrogens is 362 g/mol. The van der Waals surface area contributed by atoms with Crippen molar-refractivity contribution in [1.29, 1.82) is 0 Å². The molecule has 1 heterocycles. The molecule has 3 rings (SSSR count). The molecular formula is C24H37N3O2. The van der Waals surface area contributed by atoms with Gasteiger partial charge in [-0.1, -0.05) is 45.2 Å². The third-order valence-electron chi connectivity index (χ3n) is 6.67.